The average Bonchev–Trinajstić information content (AvgIpc) is 2.32. The van der Waals surface area contributed by atoms with E-state index >= 15 is 0 Å². The van der Waals surface area contributed by atoms with Crippen molar-refractivity contribution >= 4 is 27.4 Å². The third-order valence-electron chi connectivity index (χ3n) is 2.83. The van der Waals surface area contributed by atoms with E-state index in [9.17, 15) is 10.1 Å². The molecule has 0 saturated heterocycles. The van der Waals surface area contributed by atoms with Gasteiger partial charge in [0.05, 0.1) is 9.40 Å². The van der Waals surface area contributed by atoms with Crippen LogP contribution in [0.1, 0.15) is 18.9 Å². The highest BCUT2D eigenvalue weighted by Crippen LogP contribution is 2.30. The van der Waals surface area contributed by atoms with Crippen LogP contribution in [0.5, 0.6) is 0 Å². The molecule has 106 valence electrons. The molecule has 0 spiro atoms. The fraction of sp³-hybridized carbons (Fsp3) is 0.583. The molecule has 0 aliphatic heterocycles. The summed E-state index contributed by atoms with van der Waals surface area (Å²) in [5, 5.41) is 14.1. The summed E-state index contributed by atoms with van der Waals surface area (Å²) < 4.78 is 0.651. The van der Waals surface area contributed by atoms with Crippen LogP contribution in [0.3, 0.4) is 0 Å². The fourth-order valence-electron chi connectivity index (χ4n) is 1.61. The molecule has 1 N–H and O–H groups in total. The zero-order valence-electron chi connectivity index (χ0n) is 11.6. The van der Waals surface area contributed by atoms with E-state index < -0.39 is 4.92 Å². The van der Waals surface area contributed by atoms with Gasteiger partial charge in [-0.25, -0.2) is 4.98 Å². The van der Waals surface area contributed by atoms with Gasteiger partial charge in [-0.05, 0) is 56.8 Å². The summed E-state index contributed by atoms with van der Waals surface area (Å²) in [4.78, 5) is 16.6. The number of pyridine rings is 1. The van der Waals surface area contributed by atoms with Gasteiger partial charge in [0, 0.05) is 11.6 Å². The minimum atomic E-state index is -0.424. The number of aromatic nitrogens is 1. The second kappa shape index (κ2) is 6.81. The van der Waals surface area contributed by atoms with Gasteiger partial charge in [0.25, 0.3) is 5.69 Å². The lowest BCUT2D eigenvalue weighted by Crippen LogP contribution is -2.23. The summed E-state index contributed by atoms with van der Waals surface area (Å²) in [6, 6.07) is 0.243. The third-order valence-corrected chi connectivity index (χ3v) is 3.80. The van der Waals surface area contributed by atoms with E-state index in [2.05, 4.69) is 38.1 Å². The topological polar surface area (TPSA) is 71.3 Å². The van der Waals surface area contributed by atoms with Crippen LogP contribution in [-0.2, 0) is 0 Å². The summed E-state index contributed by atoms with van der Waals surface area (Å²) in [5.41, 5.74) is 0.612. The summed E-state index contributed by atoms with van der Waals surface area (Å²) in [5.74, 6) is 0.648. The monoisotopic (exact) mass is 330 g/mol. The lowest BCUT2D eigenvalue weighted by molar-refractivity contribution is -0.385. The number of nitrogens with one attached hydrogen (secondary N) is 1. The summed E-state index contributed by atoms with van der Waals surface area (Å²) in [6.07, 6.45) is 2.26. The minimum Gasteiger partial charge on any atom is -0.367 e. The second-order valence-electron chi connectivity index (χ2n) is 4.83. The molecule has 1 aromatic rings. The number of anilines is 1. The smallest absolute Gasteiger partial charge is 0.291 e. The van der Waals surface area contributed by atoms with Crippen molar-refractivity contribution < 1.29 is 4.92 Å². The Morgan fingerprint density at radius 3 is 2.74 bits per heavy atom. The number of nitrogens with zero attached hydrogens (tertiary/aromatic N) is 3. The van der Waals surface area contributed by atoms with Gasteiger partial charge in [-0.3, -0.25) is 10.1 Å². The Kier molecular flexibility index (Phi) is 5.68. The molecule has 0 aliphatic rings. The Hall–Kier alpha value is -1.21. The Morgan fingerprint density at radius 2 is 2.21 bits per heavy atom. The zero-order chi connectivity index (χ0) is 14.6. The third kappa shape index (κ3) is 4.43. The summed E-state index contributed by atoms with van der Waals surface area (Å²) >= 11 is 3.37. The predicted octanol–water partition coefficient (Wildman–Crippen LogP) is 2.81. The van der Waals surface area contributed by atoms with Crippen molar-refractivity contribution in [2.24, 2.45) is 0 Å². The first-order chi connectivity index (χ1) is 8.82. The van der Waals surface area contributed by atoms with Gasteiger partial charge in [-0.1, -0.05) is 0 Å². The largest absolute Gasteiger partial charge is 0.367 e. The molecule has 1 rings (SSSR count). The molecule has 1 aromatic heterocycles. The van der Waals surface area contributed by atoms with Gasteiger partial charge in [0.1, 0.15) is 12.0 Å². The van der Waals surface area contributed by atoms with E-state index in [-0.39, 0.29) is 11.7 Å². The highest BCUT2D eigenvalue weighted by Gasteiger charge is 2.17. The number of nitro groups is 1. The molecule has 0 amide bonds. The van der Waals surface area contributed by atoms with Crippen molar-refractivity contribution in [3.63, 3.8) is 0 Å². The van der Waals surface area contributed by atoms with Crippen LogP contribution in [-0.4, -0.2) is 41.5 Å². The Bertz CT molecular complexity index is 465. The van der Waals surface area contributed by atoms with Crippen LogP contribution < -0.4 is 5.32 Å². The molecule has 7 heteroatoms. The average molecular weight is 331 g/mol. The van der Waals surface area contributed by atoms with Crippen molar-refractivity contribution in [1.29, 1.82) is 0 Å². The highest BCUT2D eigenvalue weighted by molar-refractivity contribution is 9.10. The number of hydrogen-bond acceptors (Lipinski definition) is 5. The SMILES string of the molecule is Cc1c([N+](=O)[O-])cnc(NC(C)CCN(C)C)c1Br. The molecule has 0 radical (unpaired) electrons. The maximum absolute atomic E-state index is 10.8. The molecule has 0 fully saturated rings. The molecule has 0 aromatic carbocycles. The minimum absolute atomic E-state index is 0.0263. The molecule has 0 bridgehead atoms. The quantitative estimate of drug-likeness (QED) is 0.641. The van der Waals surface area contributed by atoms with Gasteiger partial charge in [-0.2, -0.15) is 0 Å². The van der Waals surface area contributed by atoms with Gasteiger partial charge < -0.3 is 10.2 Å². The highest BCUT2D eigenvalue weighted by atomic mass is 79.9. The van der Waals surface area contributed by atoms with Crippen molar-refractivity contribution in [2.45, 2.75) is 26.3 Å². The van der Waals surface area contributed by atoms with Gasteiger partial charge in [0.2, 0.25) is 0 Å². The van der Waals surface area contributed by atoms with Crippen LogP contribution in [0, 0.1) is 17.0 Å². The molecule has 0 saturated carbocycles. The van der Waals surface area contributed by atoms with Crippen LogP contribution in [0.15, 0.2) is 10.7 Å². The van der Waals surface area contributed by atoms with E-state index in [0.717, 1.165) is 13.0 Å². The Labute approximate surface area is 121 Å². The van der Waals surface area contributed by atoms with Crippen LogP contribution in [0.25, 0.3) is 0 Å². The molecular weight excluding hydrogens is 312 g/mol. The lowest BCUT2D eigenvalue weighted by atomic mass is 10.2. The first-order valence-corrected chi connectivity index (χ1v) is 6.83. The van der Waals surface area contributed by atoms with E-state index in [0.29, 0.717) is 15.9 Å². The maximum atomic E-state index is 10.8. The van der Waals surface area contributed by atoms with E-state index in [1.165, 1.54) is 6.20 Å². The maximum Gasteiger partial charge on any atom is 0.291 e. The normalized spacial score (nSPS) is 12.5. The van der Waals surface area contributed by atoms with E-state index in [4.69, 9.17) is 0 Å². The molecule has 1 heterocycles. The first kappa shape index (κ1) is 15.8. The van der Waals surface area contributed by atoms with Crippen molar-refractivity contribution in [1.82, 2.24) is 9.88 Å². The van der Waals surface area contributed by atoms with Gasteiger partial charge in [-0.15, -0.1) is 0 Å². The number of halogens is 1. The number of hydrogen-bond donors (Lipinski definition) is 1. The zero-order valence-corrected chi connectivity index (χ0v) is 13.2. The lowest BCUT2D eigenvalue weighted by Gasteiger charge is -2.18. The van der Waals surface area contributed by atoms with E-state index in [1.54, 1.807) is 6.92 Å². The molecule has 19 heavy (non-hydrogen) atoms. The molecule has 6 nitrogen and oxygen atoms in total. The van der Waals surface area contributed by atoms with Gasteiger partial charge >= 0.3 is 0 Å². The molecule has 1 atom stereocenters. The first-order valence-electron chi connectivity index (χ1n) is 6.03. The Balaban J connectivity index is 2.80. The molecular formula is C12H19BrN4O2. The fourth-order valence-corrected chi connectivity index (χ4v) is 2.03. The van der Waals surface area contributed by atoms with Crippen LogP contribution in [0.4, 0.5) is 11.5 Å². The van der Waals surface area contributed by atoms with Crippen molar-refractivity contribution in [3.05, 3.63) is 26.3 Å². The Morgan fingerprint density at radius 1 is 1.58 bits per heavy atom. The van der Waals surface area contributed by atoms with Crippen molar-refractivity contribution in [2.75, 3.05) is 26.0 Å². The summed E-state index contributed by atoms with van der Waals surface area (Å²) in [6.45, 7) is 4.74. The molecule has 1 unspecified atom stereocenters. The number of rotatable bonds is 6. The summed E-state index contributed by atoms with van der Waals surface area (Å²) in [7, 11) is 4.05. The van der Waals surface area contributed by atoms with E-state index in [1.807, 2.05) is 14.1 Å². The van der Waals surface area contributed by atoms with Crippen LogP contribution >= 0.6 is 15.9 Å². The van der Waals surface area contributed by atoms with Crippen LogP contribution in [0.2, 0.25) is 0 Å². The predicted molar refractivity (Wildman–Crippen MR) is 79.6 cm³/mol. The van der Waals surface area contributed by atoms with Gasteiger partial charge in [0.15, 0.2) is 0 Å². The standard InChI is InChI=1S/C12H19BrN4O2/c1-8(5-6-16(3)4)15-12-11(13)9(2)10(7-14-12)17(18)19/h7-8H,5-6H2,1-4H3,(H,14,15). The second-order valence-corrected chi connectivity index (χ2v) is 5.62. The van der Waals surface area contributed by atoms with Crippen molar-refractivity contribution in [3.8, 4) is 0 Å². The molecule has 0 aliphatic carbocycles.